The van der Waals surface area contributed by atoms with Crippen LogP contribution in [0.3, 0.4) is 0 Å². The zero-order valence-electron chi connectivity index (χ0n) is 18.4. The maximum Gasteiger partial charge on any atom is 0.227 e. The van der Waals surface area contributed by atoms with Gasteiger partial charge in [0, 0.05) is 49.5 Å². The van der Waals surface area contributed by atoms with Gasteiger partial charge in [0.15, 0.2) is 0 Å². The lowest BCUT2D eigenvalue weighted by Gasteiger charge is -2.32. The molecule has 2 aromatic carbocycles. The largest absolute Gasteiger partial charge is 0.372 e. The Morgan fingerprint density at radius 3 is 2.09 bits per heavy atom. The number of nitrogens with one attached hydrogen (secondary N) is 3. The number of carbonyl (C=O) groups is 3. The van der Waals surface area contributed by atoms with Gasteiger partial charge in [0.05, 0.1) is 5.92 Å². The Hall–Kier alpha value is -3.35. The minimum Gasteiger partial charge on any atom is -0.372 e. The van der Waals surface area contributed by atoms with Gasteiger partial charge in [-0.1, -0.05) is 19.1 Å². The minimum atomic E-state index is -0.589. The second kappa shape index (κ2) is 9.85. The van der Waals surface area contributed by atoms with E-state index in [1.165, 1.54) is 18.5 Å². The van der Waals surface area contributed by atoms with Gasteiger partial charge in [-0.3, -0.25) is 19.7 Å². The van der Waals surface area contributed by atoms with E-state index in [-0.39, 0.29) is 18.7 Å². The van der Waals surface area contributed by atoms with Crippen molar-refractivity contribution in [1.29, 1.82) is 0 Å². The predicted molar refractivity (Wildman–Crippen MR) is 124 cm³/mol. The van der Waals surface area contributed by atoms with Crippen molar-refractivity contribution in [1.82, 2.24) is 10.6 Å². The molecule has 0 saturated carbocycles. The normalized spacial score (nSPS) is 17.7. The zero-order valence-corrected chi connectivity index (χ0v) is 18.4. The van der Waals surface area contributed by atoms with Gasteiger partial charge in [0.25, 0.3) is 0 Å². The second-order valence-corrected chi connectivity index (χ2v) is 8.83. The molecule has 0 radical (unpaired) electrons. The van der Waals surface area contributed by atoms with Gasteiger partial charge in [-0.2, -0.15) is 0 Å². The third kappa shape index (κ3) is 5.66. The van der Waals surface area contributed by atoms with Crippen molar-refractivity contribution in [3.63, 3.8) is 0 Å². The molecule has 7 nitrogen and oxygen atoms in total. The van der Waals surface area contributed by atoms with E-state index in [4.69, 9.17) is 0 Å². The highest BCUT2D eigenvalue weighted by Gasteiger charge is 2.30. The molecule has 3 amide bonds. The Morgan fingerprint density at radius 2 is 1.50 bits per heavy atom. The number of piperidine rings is 2. The van der Waals surface area contributed by atoms with Crippen LogP contribution >= 0.6 is 0 Å². The Morgan fingerprint density at radius 1 is 0.938 bits per heavy atom. The van der Waals surface area contributed by atoms with Gasteiger partial charge >= 0.3 is 0 Å². The number of imide groups is 1. The van der Waals surface area contributed by atoms with Crippen LogP contribution in [0.1, 0.15) is 38.2 Å². The van der Waals surface area contributed by atoms with Crippen LogP contribution in [0.5, 0.6) is 0 Å². The van der Waals surface area contributed by atoms with Crippen LogP contribution in [0.2, 0.25) is 0 Å². The molecule has 0 aliphatic carbocycles. The molecular formula is C25H30N4O3. The lowest BCUT2D eigenvalue weighted by molar-refractivity contribution is -0.140. The number of hydrogen-bond acceptors (Lipinski definition) is 5. The Kier molecular flexibility index (Phi) is 6.73. The summed E-state index contributed by atoms with van der Waals surface area (Å²) in [5.74, 6) is -0.820. The fraction of sp³-hybridized carbons (Fsp3) is 0.400. The average Bonchev–Trinajstić information content (AvgIpc) is 2.79. The first-order valence-electron chi connectivity index (χ1n) is 11.3. The van der Waals surface area contributed by atoms with E-state index in [0.29, 0.717) is 6.54 Å². The van der Waals surface area contributed by atoms with Gasteiger partial charge in [-0.05, 0) is 60.7 Å². The lowest BCUT2D eigenvalue weighted by atomic mass is 9.96. The third-order valence-corrected chi connectivity index (χ3v) is 6.24. The summed E-state index contributed by atoms with van der Waals surface area (Å²) in [7, 11) is 0. The van der Waals surface area contributed by atoms with Crippen molar-refractivity contribution in [3.8, 4) is 0 Å². The summed E-state index contributed by atoms with van der Waals surface area (Å²) < 4.78 is 0. The van der Waals surface area contributed by atoms with E-state index in [0.717, 1.165) is 35.9 Å². The molecule has 2 aromatic rings. The predicted octanol–water partition coefficient (Wildman–Crippen LogP) is 3.34. The van der Waals surface area contributed by atoms with Crippen LogP contribution < -0.4 is 20.9 Å². The first-order valence-corrected chi connectivity index (χ1v) is 11.3. The van der Waals surface area contributed by atoms with E-state index in [9.17, 15) is 14.4 Å². The molecule has 3 N–H and O–H groups in total. The molecule has 4 rings (SSSR count). The third-order valence-electron chi connectivity index (χ3n) is 6.24. The molecular weight excluding hydrogens is 404 g/mol. The minimum absolute atomic E-state index is 0.0517. The molecule has 32 heavy (non-hydrogen) atoms. The van der Waals surface area contributed by atoms with Gasteiger partial charge in [-0.15, -0.1) is 0 Å². The molecule has 7 heteroatoms. The molecule has 0 aromatic heterocycles. The van der Waals surface area contributed by atoms with Gasteiger partial charge < -0.3 is 15.5 Å². The van der Waals surface area contributed by atoms with Crippen molar-refractivity contribution in [3.05, 3.63) is 54.1 Å². The van der Waals surface area contributed by atoms with E-state index in [1.54, 1.807) is 0 Å². The molecule has 0 spiro atoms. The quantitative estimate of drug-likeness (QED) is 0.607. The first-order chi connectivity index (χ1) is 15.5. The Bertz CT molecular complexity index is 948. The van der Waals surface area contributed by atoms with E-state index < -0.39 is 17.7 Å². The van der Waals surface area contributed by atoms with Crippen LogP contribution in [0.15, 0.2) is 48.5 Å². The van der Waals surface area contributed by atoms with Gasteiger partial charge in [0.1, 0.15) is 0 Å². The van der Waals surface area contributed by atoms with Crippen molar-refractivity contribution >= 4 is 34.8 Å². The van der Waals surface area contributed by atoms with Crippen LogP contribution in [0, 0.1) is 11.8 Å². The number of nitrogens with zero attached hydrogens (tertiary/aromatic N) is 1. The monoisotopic (exact) mass is 434 g/mol. The fourth-order valence-electron chi connectivity index (χ4n) is 4.19. The SMILES string of the molecule is CC1CCN(c2ccc(Nc3ccc(CNC(=O)C4CC(=O)NC(=O)C4)cc3)cc2)CC1. The summed E-state index contributed by atoms with van der Waals surface area (Å²) in [4.78, 5) is 37.6. The van der Waals surface area contributed by atoms with E-state index in [2.05, 4.69) is 52.0 Å². The Labute approximate surface area is 188 Å². The van der Waals surface area contributed by atoms with Gasteiger partial charge in [0.2, 0.25) is 17.7 Å². The molecule has 2 aliphatic rings. The number of rotatable bonds is 6. The molecule has 168 valence electrons. The maximum atomic E-state index is 12.3. The highest BCUT2D eigenvalue weighted by atomic mass is 16.2. The first kappa shape index (κ1) is 21.9. The smallest absolute Gasteiger partial charge is 0.227 e. The number of amides is 3. The summed E-state index contributed by atoms with van der Waals surface area (Å²) in [6.45, 7) is 4.92. The van der Waals surface area contributed by atoms with Crippen LogP contribution in [-0.4, -0.2) is 30.8 Å². The van der Waals surface area contributed by atoms with Crippen LogP contribution in [-0.2, 0) is 20.9 Å². The summed E-state index contributed by atoms with van der Waals surface area (Å²) in [5, 5.41) is 8.45. The molecule has 2 fully saturated rings. The van der Waals surface area contributed by atoms with Gasteiger partial charge in [-0.25, -0.2) is 0 Å². The zero-order chi connectivity index (χ0) is 22.5. The van der Waals surface area contributed by atoms with Crippen LogP contribution in [0.4, 0.5) is 17.1 Å². The summed E-state index contributed by atoms with van der Waals surface area (Å²) in [6.07, 6.45) is 2.61. The summed E-state index contributed by atoms with van der Waals surface area (Å²) >= 11 is 0. The topological polar surface area (TPSA) is 90.5 Å². The highest BCUT2D eigenvalue weighted by Crippen LogP contribution is 2.25. The number of anilines is 3. The van der Waals surface area contributed by atoms with Crippen LogP contribution in [0.25, 0.3) is 0 Å². The number of benzene rings is 2. The lowest BCUT2D eigenvalue weighted by Crippen LogP contribution is -2.44. The molecule has 0 atom stereocenters. The Balaban J connectivity index is 1.27. The highest BCUT2D eigenvalue weighted by molar-refractivity contribution is 6.02. The van der Waals surface area contributed by atoms with E-state index >= 15 is 0 Å². The second-order valence-electron chi connectivity index (χ2n) is 8.83. The van der Waals surface area contributed by atoms with Crippen molar-refractivity contribution in [2.75, 3.05) is 23.3 Å². The number of carbonyl (C=O) groups excluding carboxylic acids is 3. The maximum absolute atomic E-state index is 12.3. The molecule has 0 bridgehead atoms. The van der Waals surface area contributed by atoms with Crippen molar-refractivity contribution in [2.45, 2.75) is 39.2 Å². The van der Waals surface area contributed by atoms with Crippen molar-refractivity contribution < 1.29 is 14.4 Å². The molecule has 2 heterocycles. The molecule has 0 unspecified atom stereocenters. The summed E-state index contributed by atoms with van der Waals surface area (Å²) in [6, 6.07) is 16.4. The van der Waals surface area contributed by atoms with E-state index in [1.807, 2.05) is 24.3 Å². The van der Waals surface area contributed by atoms with Crippen molar-refractivity contribution in [2.24, 2.45) is 11.8 Å². The average molecular weight is 435 g/mol. The molecule has 2 aliphatic heterocycles. The molecule has 2 saturated heterocycles. The summed E-state index contributed by atoms with van der Waals surface area (Å²) in [5.41, 5.74) is 4.21. The fourth-order valence-corrected chi connectivity index (χ4v) is 4.19. The standard InChI is InChI=1S/C25H30N4O3/c1-17-10-12-29(13-11-17)22-8-6-21(7-9-22)27-20-4-2-18(3-5-20)16-26-25(32)19-14-23(30)28-24(31)15-19/h2-9,17,19,27H,10-16H2,1H3,(H,26,32)(H,28,30,31). The number of hydrogen-bond donors (Lipinski definition) is 3.